The molecule has 4 heteroatoms. The SMILES string of the molecule is CC(=O)c1nc(-c2ccc(N(C)C)cc2)oc1C. The van der Waals surface area contributed by atoms with Gasteiger partial charge in [0.25, 0.3) is 0 Å². The van der Waals surface area contributed by atoms with E-state index >= 15 is 0 Å². The van der Waals surface area contributed by atoms with Gasteiger partial charge in [-0.15, -0.1) is 0 Å². The van der Waals surface area contributed by atoms with Crippen LogP contribution in [0.1, 0.15) is 23.2 Å². The minimum Gasteiger partial charge on any atom is -0.441 e. The van der Waals surface area contributed by atoms with Crippen LogP contribution in [-0.2, 0) is 0 Å². The summed E-state index contributed by atoms with van der Waals surface area (Å²) in [5.41, 5.74) is 2.38. The Bertz CT molecular complexity index is 568. The van der Waals surface area contributed by atoms with Crippen molar-refractivity contribution < 1.29 is 9.21 Å². The Kier molecular flexibility index (Phi) is 3.19. The van der Waals surface area contributed by atoms with E-state index in [4.69, 9.17) is 4.42 Å². The third kappa shape index (κ3) is 2.27. The normalized spacial score (nSPS) is 10.4. The summed E-state index contributed by atoms with van der Waals surface area (Å²) in [5, 5.41) is 0. The van der Waals surface area contributed by atoms with E-state index in [1.807, 2.05) is 43.3 Å². The van der Waals surface area contributed by atoms with Crippen LogP contribution in [0.4, 0.5) is 5.69 Å². The monoisotopic (exact) mass is 244 g/mol. The summed E-state index contributed by atoms with van der Waals surface area (Å²) in [6.07, 6.45) is 0. The number of hydrogen-bond acceptors (Lipinski definition) is 4. The smallest absolute Gasteiger partial charge is 0.226 e. The van der Waals surface area contributed by atoms with Crippen LogP contribution in [-0.4, -0.2) is 24.9 Å². The van der Waals surface area contributed by atoms with Gasteiger partial charge in [-0.1, -0.05) is 0 Å². The van der Waals surface area contributed by atoms with Gasteiger partial charge in [-0.3, -0.25) is 4.79 Å². The summed E-state index contributed by atoms with van der Waals surface area (Å²) in [6, 6.07) is 7.85. The van der Waals surface area contributed by atoms with Gasteiger partial charge < -0.3 is 9.32 Å². The lowest BCUT2D eigenvalue weighted by Crippen LogP contribution is -2.07. The van der Waals surface area contributed by atoms with Crippen molar-refractivity contribution >= 4 is 11.5 Å². The molecule has 0 aliphatic carbocycles. The van der Waals surface area contributed by atoms with Gasteiger partial charge >= 0.3 is 0 Å². The van der Waals surface area contributed by atoms with E-state index in [1.165, 1.54) is 6.92 Å². The van der Waals surface area contributed by atoms with Crippen LogP contribution < -0.4 is 4.90 Å². The van der Waals surface area contributed by atoms with Gasteiger partial charge in [-0.05, 0) is 31.2 Å². The number of oxazole rings is 1. The molecule has 0 saturated carbocycles. The average molecular weight is 244 g/mol. The molecule has 0 aliphatic heterocycles. The lowest BCUT2D eigenvalue weighted by molar-refractivity contribution is 0.101. The van der Waals surface area contributed by atoms with Gasteiger partial charge in [0.15, 0.2) is 5.78 Å². The standard InChI is InChI=1S/C14H16N2O2/c1-9(17)13-10(2)18-14(15-13)11-5-7-12(8-6-11)16(3)4/h5-8H,1-4H3. The Balaban J connectivity index is 2.37. The Morgan fingerprint density at radius 3 is 2.28 bits per heavy atom. The highest BCUT2D eigenvalue weighted by molar-refractivity contribution is 5.93. The summed E-state index contributed by atoms with van der Waals surface area (Å²) in [4.78, 5) is 17.6. The molecule has 0 atom stereocenters. The molecule has 0 unspecified atom stereocenters. The summed E-state index contributed by atoms with van der Waals surface area (Å²) < 4.78 is 5.52. The van der Waals surface area contributed by atoms with E-state index in [0.717, 1.165) is 11.3 Å². The Morgan fingerprint density at radius 2 is 1.83 bits per heavy atom. The number of carbonyl (C=O) groups is 1. The zero-order valence-corrected chi connectivity index (χ0v) is 11.0. The molecular formula is C14H16N2O2. The van der Waals surface area contributed by atoms with Crippen LogP contribution in [0.25, 0.3) is 11.5 Å². The van der Waals surface area contributed by atoms with Crippen molar-refractivity contribution in [3.63, 3.8) is 0 Å². The largest absolute Gasteiger partial charge is 0.441 e. The fourth-order valence-electron chi connectivity index (χ4n) is 1.75. The molecular weight excluding hydrogens is 228 g/mol. The third-order valence-electron chi connectivity index (χ3n) is 2.76. The Morgan fingerprint density at radius 1 is 1.22 bits per heavy atom. The van der Waals surface area contributed by atoms with Crippen molar-refractivity contribution in [1.29, 1.82) is 0 Å². The van der Waals surface area contributed by atoms with Gasteiger partial charge in [0.05, 0.1) is 0 Å². The molecule has 0 fully saturated rings. The van der Waals surface area contributed by atoms with Gasteiger partial charge in [-0.2, -0.15) is 0 Å². The van der Waals surface area contributed by atoms with Crippen molar-refractivity contribution in [1.82, 2.24) is 4.98 Å². The molecule has 0 aliphatic rings. The van der Waals surface area contributed by atoms with Crippen LogP contribution in [0.2, 0.25) is 0 Å². The summed E-state index contributed by atoms with van der Waals surface area (Å²) in [7, 11) is 3.97. The topological polar surface area (TPSA) is 46.3 Å². The van der Waals surface area contributed by atoms with E-state index in [0.29, 0.717) is 17.3 Å². The number of aromatic nitrogens is 1. The molecule has 2 aromatic rings. The van der Waals surface area contributed by atoms with Crippen molar-refractivity contribution in [2.24, 2.45) is 0 Å². The van der Waals surface area contributed by atoms with E-state index in [-0.39, 0.29) is 5.78 Å². The van der Waals surface area contributed by atoms with Crippen molar-refractivity contribution in [3.05, 3.63) is 35.7 Å². The lowest BCUT2D eigenvalue weighted by atomic mass is 10.2. The molecule has 94 valence electrons. The molecule has 0 N–H and O–H groups in total. The first kappa shape index (κ1) is 12.4. The molecule has 0 amide bonds. The minimum absolute atomic E-state index is 0.0765. The average Bonchev–Trinajstić information content (AvgIpc) is 2.71. The lowest BCUT2D eigenvalue weighted by Gasteiger charge is -2.11. The number of anilines is 1. The molecule has 1 heterocycles. The van der Waals surface area contributed by atoms with E-state index in [1.54, 1.807) is 6.92 Å². The molecule has 0 saturated heterocycles. The maximum absolute atomic E-state index is 11.3. The zero-order chi connectivity index (χ0) is 13.3. The predicted molar refractivity (Wildman–Crippen MR) is 71.0 cm³/mol. The number of ketones is 1. The van der Waals surface area contributed by atoms with Crippen LogP contribution in [0, 0.1) is 6.92 Å². The molecule has 1 aromatic heterocycles. The molecule has 4 nitrogen and oxygen atoms in total. The molecule has 0 radical (unpaired) electrons. The van der Waals surface area contributed by atoms with Crippen molar-refractivity contribution in [3.8, 4) is 11.5 Å². The summed E-state index contributed by atoms with van der Waals surface area (Å²) >= 11 is 0. The second-order valence-electron chi connectivity index (χ2n) is 4.42. The molecule has 18 heavy (non-hydrogen) atoms. The number of aryl methyl sites for hydroxylation is 1. The van der Waals surface area contributed by atoms with Gasteiger partial charge in [0, 0.05) is 32.3 Å². The fraction of sp³-hybridized carbons (Fsp3) is 0.286. The first-order valence-corrected chi connectivity index (χ1v) is 5.75. The molecule has 0 bridgehead atoms. The van der Waals surface area contributed by atoms with Crippen LogP contribution in [0.5, 0.6) is 0 Å². The highest BCUT2D eigenvalue weighted by Gasteiger charge is 2.14. The first-order chi connectivity index (χ1) is 8.49. The number of carbonyl (C=O) groups excluding carboxylic acids is 1. The third-order valence-corrected chi connectivity index (χ3v) is 2.76. The number of hydrogen-bond donors (Lipinski definition) is 0. The number of benzene rings is 1. The molecule has 2 rings (SSSR count). The summed E-state index contributed by atoms with van der Waals surface area (Å²) in [5.74, 6) is 0.976. The minimum atomic E-state index is -0.0765. The maximum atomic E-state index is 11.3. The number of nitrogens with zero attached hydrogens (tertiary/aromatic N) is 2. The fourth-order valence-corrected chi connectivity index (χ4v) is 1.75. The van der Waals surface area contributed by atoms with Crippen molar-refractivity contribution in [2.75, 3.05) is 19.0 Å². The van der Waals surface area contributed by atoms with E-state index < -0.39 is 0 Å². The quantitative estimate of drug-likeness (QED) is 0.779. The van der Waals surface area contributed by atoms with Crippen LogP contribution in [0.15, 0.2) is 28.7 Å². The number of Topliss-reactive ketones (excluding diaryl/α,β-unsaturated/α-hetero) is 1. The first-order valence-electron chi connectivity index (χ1n) is 5.75. The highest BCUT2D eigenvalue weighted by atomic mass is 16.4. The second kappa shape index (κ2) is 4.64. The van der Waals surface area contributed by atoms with Crippen LogP contribution >= 0.6 is 0 Å². The Hall–Kier alpha value is -2.10. The molecule has 1 aromatic carbocycles. The molecule has 0 spiro atoms. The van der Waals surface area contributed by atoms with Crippen LogP contribution in [0.3, 0.4) is 0 Å². The van der Waals surface area contributed by atoms with E-state index in [2.05, 4.69) is 4.98 Å². The Labute approximate surface area is 106 Å². The predicted octanol–water partition coefficient (Wildman–Crippen LogP) is 2.92. The van der Waals surface area contributed by atoms with Gasteiger partial charge in [0.2, 0.25) is 5.89 Å². The van der Waals surface area contributed by atoms with Gasteiger partial charge in [0.1, 0.15) is 11.5 Å². The van der Waals surface area contributed by atoms with E-state index in [9.17, 15) is 4.79 Å². The maximum Gasteiger partial charge on any atom is 0.226 e. The number of rotatable bonds is 3. The zero-order valence-electron chi connectivity index (χ0n) is 11.0. The second-order valence-corrected chi connectivity index (χ2v) is 4.42. The van der Waals surface area contributed by atoms with Gasteiger partial charge in [-0.25, -0.2) is 4.98 Å². The summed E-state index contributed by atoms with van der Waals surface area (Å²) in [6.45, 7) is 3.24. The van der Waals surface area contributed by atoms with Crippen molar-refractivity contribution in [2.45, 2.75) is 13.8 Å². The highest BCUT2D eigenvalue weighted by Crippen LogP contribution is 2.24.